The van der Waals surface area contributed by atoms with Crippen molar-refractivity contribution >= 4 is 33.6 Å². The van der Waals surface area contributed by atoms with Crippen molar-refractivity contribution in [3.63, 3.8) is 0 Å². The maximum Gasteiger partial charge on any atom is 0.223 e. The van der Waals surface area contributed by atoms with Crippen LogP contribution in [0.25, 0.3) is 21.8 Å². The first-order chi connectivity index (χ1) is 11.7. The van der Waals surface area contributed by atoms with Gasteiger partial charge in [-0.25, -0.2) is 0 Å². The molecule has 0 bridgehead atoms. The van der Waals surface area contributed by atoms with Crippen molar-refractivity contribution < 1.29 is 0 Å². The van der Waals surface area contributed by atoms with Gasteiger partial charge in [-0.3, -0.25) is 0 Å². The first-order valence-corrected chi connectivity index (χ1v) is 8.08. The van der Waals surface area contributed by atoms with Gasteiger partial charge >= 0.3 is 0 Å². The normalized spacial score (nSPS) is 11.3. The highest BCUT2D eigenvalue weighted by Crippen LogP contribution is 2.25. The van der Waals surface area contributed by atoms with Gasteiger partial charge in [0, 0.05) is 6.20 Å². The van der Waals surface area contributed by atoms with E-state index in [-0.39, 0.29) is 5.95 Å². The van der Waals surface area contributed by atoms with Crippen LogP contribution in [0, 0.1) is 0 Å². The number of nitrogens with one attached hydrogen (secondary N) is 1. The van der Waals surface area contributed by atoms with Crippen molar-refractivity contribution in [3.8, 4) is 0 Å². The Morgan fingerprint density at radius 2 is 1.67 bits per heavy atom. The van der Waals surface area contributed by atoms with E-state index in [9.17, 15) is 0 Å². The van der Waals surface area contributed by atoms with E-state index in [2.05, 4.69) is 57.4 Å². The number of benzene rings is 2. The SMILES string of the molecule is Nc1nc(N)c2c(CCCc3cccc4ccccc34)c[nH]c2n1. The number of nitrogens with two attached hydrogens (primary N) is 2. The molecule has 5 heteroatoms. The summed E-state index contributed by atoms with van der Waals surface area (Å²) in [5.74, 6) is 0.642. The molecule has 4 rings (SSSR count). The van der Waals surface area contributed by atoms with Gasteiger partial charge in [-0.15, -0.1) is 0 Å². The van der Waals surface area contributed by atoms with Crippen molar-refractivity contribution in [2.75, 3.05) is 11.5 Å². The molecule has 0 saturated heterocycles. The number of hydrogen-bond acceptors (Lipinski definition) is 4. The number of nitrogens with zero attached hydrogens (tertiary/aromatic N) is 2. The van der Waals surface area contributed by atoms with Crippen molar-refractivity contribution in [1.82, 2.24) is 15.0 Å². The second-order valence-corrected chi connectivity index (χ2v) is 6.00. The van der Waals surface area contributed by atoms with Crippen LogP contribution < -0.4 is 11.5 Å². The van der Waals surface area contributed by atoms with Gasteiger partial charge in [-0.1, -0.05) is 42.5 Å². The third-order valence-electron chi connectivity index (χ3n) is 4.43. The van der Waals surface area contributed by atoms with E-state index in [1.807, 2.05) is 6.20 Å². The Morgan fingerprint density at radius 1 is 0.875 bits per heavy atom. The number of aryl methyl sites for hydroxylation is 2. The van der Waals surface area contributed by atoms with E-state index in [1.165, 1.54) is 16.3 Å². The van der Waals surface area contributed by atoms with Crippen LogP contribution in [0.15, 0.2) is 48.7 Å². The minimum absolute atomic E-state index is 0.198. The molecule has 2 heterocycles. The predicted molar refractivity (Wildman–Crippen MR) is 98.7 cm³/mol. The minimum atomic E-state index is 0.198. The molecule has 5 N–H and O–H groups in total. The Bertz CT molecular complexity index is 1010. The van der Waals surface area contributed by atoms with Crippen LogP contribution in [0.2, 0.25) is 0 Å². The molecule has 0 aliphatic heterocycles. The van der Waals surface area contributed by atoms with Crippen LogP contribution in [0.5, 0.6) is 0 Å². The molecule has 0 atom stereocenters. The molecule has 0 unspecified atom stereocenters. The molecule has 0 saturated carbocycles. The summed E-state index contributed by atoms with van der Waals surface area (Å²) in [5, 5.41) is 3.51. The Morgan fingerprint density at radius 3 is 2.58 bits per heavy atom. The number of anilines is 2. The number of aromatic nitrogens is 3. The molecule has 0 aliphatic rings. The van der Waals surface area contributed by atoms with Gasteiger partial charge in [0.25, 0.3) is 0 Å². The summed E-state index contributed by atoms with van der Waals surface area (Å²) in [6.07, 6.45) is 4.92. The summed E-state index contributed by atoms with van der Waals surface area (Å²) in [6.45, 7) is 0. The smallest absolute Gasteiger partial charge is 0.223 e. The molecule has 0 radical (unpaired) electrons. The third kappa shape index (κ3) is 2.54. The first-order valence-electron chi connectivity index (χ1n) is 8.08. The number of nitrogen functional groups attached to an aromatic ring is 2. The number of H-pyrrole nitrogens is 1. The zero-order valence-corrected chi connectivity index (χ0v) is 13.3. The van der Waals surface area contributed by atoms with Gasteiger partial charge in [0.15, 0.2) is 0 Å². The Hall–Kier alpha value is -3.08. The van der Waals surface area contributed by atoms with Gasteiger partial charge < -0.3 is 16.5 Å². The van der Waals surface area contributed by atoms with Crippen LogP contribution in [-0.2, 0) is 12.8 Å². The third-order valence-corrected chi connectivity index (χ3v) is 4.43. The molecule has 5 nitrogen and oxygen atoms in total. The zero-order valence-electron chi connectivity index (χ0n) is 13.3. The van der Waals surface area contributed by atoms with Crippen LogP contribution in [-0.4, -0.2) is 15.0 Å². The number of rotatable bonds is 4. The lowest BCUT2D eigenvalue weighted by molar-refractivity contribution is 0.829. The van der Waals surface area contributed by atoms with Crippen LogP contribution in [0.3, 0.4) is 0 Å². The average molecular weight is 317 g/mol. The minimum Gasteiger partial charge on any atom is -0.383 e. The average Bonchev–Trinajstić information content (AvgIpc) is 2.98. The number of fused-ring (bicyclic) bond motifs is 2. The molecule has 0 amide bonds. The maximum atomic E-state index is 6.01. The highest BCUT2D eigenvalue weighted by Gasteiger charge is 2.11. The van der Waals surface area contributed by atoms with E-state index in [1.54, 1.807) is 0 Å². The molecule has 2 aromatic heterocycles. The summed E-state index contributed by atoms with van der Waals surface area (Å²) in [6, 6.07) is 15.0. The summed E-state index contributed by atoms with van der Waals surface area (Å²) >= 11 is 0. The molecule has 2 aromatic carbocycles. The second-order valence-electron chi connectivity index (χ2n) is 6.00. The van der Waals surface area contributed by atoms with E-state index in [4.69, 9.17) is 11.5 Å². The summed E-state index contributed by atoms with van der Waals surface area (Å²) < 4.78 is 0. The van der Waals surface area contributed by atoms with Crippen molar-refractivity contribution in [2.45, 2.75) is 19.3 Å². The Labute approximate surface area is 139 Å². The van der Waals surface area contributed by atoms with Crippen molar-refractivity contribution in [3.05, 3.63) is 59.8 Å². The van der Waals surface area contributed by atoms with E-state index >= 15 is 0 Å². The summed E-state index contributed by atoms with van der Waals surface area (Å²) in [7, 11) is 0. The topological polar surface area (TPSA) is 93.6 Å². The van der Waals surface area contributed by atoms with Crippen LogP contribution >= 0.6 is 0 Å². The van der Waals surface area contributed by atoms with Crippen LogP contribution in [0.1, 0.15) is 17.5 Å². The molecular weight excluding hydrogens is 298 g/mol. The monoisotopic (exact) mass is 317 g/mol. The van der Waals surface area contributed by atoms with Crippen molar-refractivity contribution in [2.24, 2.45) is 0 Å². The van der Waals surface area contributed by atoms with Gasteiger partial charge in [-0.05, 0) is 41.2 Å². The largest absolute Gasteiger partial charge is 0.383 e. The van der Waals surface area contributed by atoms with Gasteiger partial charge in [-0.2, -0.15) is 9.97 Å². The Kier molecular flexibility index (Phi) is 3.54. The quantitative estimate of drug-likeness (QED) is 0.537. The van der Waals surface area contributed by atoms with E-state index < -0.39 is 0 Å². The van der Waals surface area contributed by atoms with E-state index in [0.717, 1.165) is 30.2 Å². The predicted octanol–water partition coefficient (Wildman–Crippen LogP) is 3.45. The van der Waals surface area contributed by atoms with Crippen LogP contribution in [0.4, 0.5) is 11.8 Å². The lowest BCUT2D eigenvalue weighted by Crippen LogP contribution is -2.00. The summed E-state index contributed by atoms with van der Waals surface area (Å²) in [4.78, 5) is 11.4. The highest BCUT2D eigenvalue weighted by atomic mass is 15.1. The maximum absolute atomic E-state index is 6.01. The van der Waals surface area contributed by atoms with Crippen molar-refractivity contribution in [1.29, 1.82) is 0 Å². The fourth-order valence-corrected chi connectivity index (χ4v) is 3.32. The Balaban J connectivity index is 1.55. The molecular formula is C19H19N5. The molecule has 0 spiro atoms. The number of hydrogen-bond donors (Lipinski definition) is 3. The molecule has 0 fully saturated rings. The zero-order chi connectivity index (χ0) is 16.5. The standard InChI is InChI=1S/C19H19N5/c20-17-16-14(11-22-18(16)24-19(21)23-17)9-4-8-13-7-3-6-12-5-1-2-10-15(12)13/h1-3,5-7,10-11H,4,8-9H2,(H5,20,21,22,23,24). The number of aromatic amines is 1. The molecule has 24 heavy (non-hydrogen) atoms. The lowest BCUT2D eigenvalue weighted by Gasteiger charge is -2.07. The van der Waals surface area contributed by atoms with Gasteiger partial charge in [0.2, 0.25) is 5.95 Å². The first kappa shape index (κ1) is 14.5. The van der Waals surface area contributed by atoms with Gasteiger partial charge in [0.1, 0.15) is 11.5 Å². The fraction of sp³-hybridized carbons (Fsp3) is 0.158. The molecule has 4 aromatic rings. The second kappa shape index (κ2) is 5.85. The van der Waals surface area contributed by atoms with E-state index in [0.29, 0.717) is 11.5 Å². The lowest BCUT2D eigenvalue weighted by atomic mass is 9.99. The molecule has 0 aliphatic carbocycles. The van der Waals surface area contributed by atoms with Gasteiger partial charge in [0.05, 0.1) is 5.39 Å². The fourth-order valence-electron chi connectivity index (χ4n) is 3.32. The summed E-state index contributed by atoms with van der Waals surface area (Å²) in [5.41, 5.74) is 14.9. The molecule has 120 valence electrons. The highest BCUT2D eigenvalue weighted by molar-refractivity contribution is 5.90.